The average Bonchev–Trinajstić information content (AvgIpc) is 2.85. The van der Waals surface area contributed by atoms with Crippen LogP contribution in [0.1, 0.15) is 58.3 Å². The molecule has 1 saturated carbocycles. The van der Waals surface area contributed by atoms with Crippen LogP contribution in [-0.2, 0) is 14.3 Å². The molecular weight excluding hydrogens is 266 g/mol. The molecule has 118 valence electrons. The second-order valence-electron chi connectivity index (χ2n) is 5.99. The van der Waals surface area contributed by atoms with Gasteiger partial charge in [0.25, 0.3) is 0 Å². The molecule has 21 heavy (non-hydrogen) atoms. The Labute approximate surface area is 127 Å². The highest BCUT2D eigenvalue weighted by molar-refractivity contribution is 5.87. The van der Waals surface area contributed by atoms with Crippen LogP contribution in [0.25, 0.3) is 0 Å². The van der Waals surface area contributed by atoms with E-state index in [1.165, 1.54) is 6.42 Å². The van der Waals surface area contributed by atoms with Crippen LogP contribution in [0, 0.1) is 0 Å². The van der Waals surface area contributed by atoms with Crippen LogP contribution in [0.15, 0.2) is 12.2 Å². The lowest BCUT2D eigenvalue weighted by Crippen LogP contribution is -2.48. The van der Waals surface area contributed by atoms with Crippen molar-refractivity contribution in [2.24, 2.45) is 0 Å². The molecule has 0 aromatic rings. The number of rotatable bonds is 6. The summed E-state index contributed by atoms with van der Waals surface area (Å²) in [4.78, 5) is 26.3. The second-order valence-corrected chi connectivity index (χ2v) is 5.99. The topological polar surface area (TPSA) is 46.6 Å². The molecule has 0 spiro atoms. The summed E-state index contributed by atoms with van der Waals surface area (Å²) in [6, 6.07) is -0.180. The Hall–Kier alpha value is -1.16. The highest BCUT2D eigenvalue weighted by Crippen LogP contribution is 2.27. The molecule has 0 bridgehead atoms. The standard InChI is InChI=1S/C17H27NO3/c1-2-3-4-6-9-16(20)21-15-11-10-14(19)17(15)18-12-7-5-8-13-18/h3-4,15,17H,2,5-13H2,1H3. The van der Waals surface area contributed by atoms with E-state index in [2.05, 4.69) is 17.9 Å². The summed E-state index contributed by atoms with van der Waals surface area (Å²) in [5, 5.41) is 0. The van der Waals surface area contributed by atoms with Crippen LogP contribution in [0.3, 0.4) is 0 Å². The monoisotopic (exact) mass is 293 g/mol. The minimum atomic E-state index is -0.224. The highest BCUT2D eigenvalue weighted by atomic mass is 16.5. The first kappa shape index (κ1) is 16.2. The lowest BCUT2D eigenvalue weighted by molar-refractivity contribution is -0.152. The summed E-state index contributed by atoms with van der Waals surface area (Å²) < 4.78 is 5.59. The summed E-state index contributed by atoms with van der Waals surface area (Å²) in [6.45, 7) is 4.00. The Kier molecular flexibility index (Phi) is 6.43. The maximum Gasteiger partial charge on any atom is 0.306 e. The molecule has 0 N–H and O–H groups in total. The number of allylic oxidation sites excluding steroid dienone is 2. The number of likely N-dealkylation sites (tertiary alicyclic amines) is 1. The van der Waals surface area contributed by atoms with Crippen LogP contribution in [0.4, 0.5) is 0 Å². The number of hydrogen-bond donors (Lipinski definition) is 0. The summed E-state index contributed by atoms with van der Waals surface area (Å²) in [6.07, 6.45) is 10.7. The molecule has 0 aromatic heterocycles. The minimum Gasteiger partial charge on any atom is -0.460 e. The molecule has 0 amide bonds. The van der Waals surface area contributed by atoms with Gasteiger partial charge in [-0.3, -0.25) is 14.5 Å². The van der Waals surface area contributed by atoms with Gasteiger partial charge in [-0.25, -0.2) is 0 Å². The van der Waals surface area contributed by atoms with Gasteiger partial charge >= 0.3 is 5.97 Å². The van der Waals surface area contributed by atoms with E-state index in [1.54, 1.807) is 0 Å². The molecule has 1 aliphatic heterocycles. The number of carbonyl (C=O) groups excluding carboxylic acids is 2. The predicted molar refractivity (Wildman–Crippen MR) is 82.0 cm³/mol. The van der Waals surface area contributed by atoms with Gasteiger partial charge < -0.3 is 4.74 Å². The number of piperidine rings is 1. The van der Waals surface area contributed by atoms with Gasteiger partial charge in [-0.05, 0) is 45.2 Å². The van der Waals surface area contributed by atoms with E-state index in [1.807, 2.05) is 6.08 Å². The fraction of sp³-hybridized carbons (Fsp3) is 0.765. The maximum absolute atomic E-state index is 12.1. The lowest BCUT2D eigenvalue weighted by Gasteiger charge is -2.34. The van der Waals surface area contributed by atoms with E-state index in [-0.39, 0.29) is 23.9 Å². The third-order valence-corrected chi connectivity index (χ3v) is 4.34. The van der Waals surface area contributed by atoms with E-state index >= 15 is 0 Å². The van der Waals surface area contributed by atoms with Crippen molar-refractivity contribution in [2.45, 2.75) is 70.4 Å². The van der Waals surface area contributed by atoms with Gasteiger partial charge in [-0.15, -0.1) is 0 Å². The summed E-state index contributed by atoms with van der Waals surface area (Å²) in [7, 11) is 0. The fourth-order valence-corrected chi connectivity index (χ4v) is 3.27. The van der Waals surface area contributed by atoms with Gasteiger partial charge in [0.2, 0.25) is 0 Å². The van der Waals surface area contributed by atoms with E-state index < -0.39 is 0 Å². The van der Waals surface area contributed by atoms with E-state index in [9.17, 15) is 9.59 Å². The summed E-state index contributed by atoms with van der Waals surface area (Å²) >= 11 is 0. The molecule has 2 rings (SSSR count). The zero-order valence-electron chi connectivity index (χ0n) is 13.1. The number of Topliss-reactive ketones (excluding diaryl/α,β-unsaturated/α-hetero) is 1. The molecule has 1 heterocycles. The molecule has 1 saturated heterocycles. The Morgan fingerprint density at radius 3 is 2.76 bits per heavy atom. The van der Waals surface area contributed by atoms with Gasteiger partial charge in [0.05, 0.1) is 0 Å². The Bertz CT molecular complexity index is 385. The molecule has 4 heteroatoms. The molecule has 2 fully saturated rings. The van der Waals surface area contributed by atoms with Crippen molar-refractivity contribution in [1.82, 2.24) is 4.90 Å². The lowest BCUT2D eigenvalue weighted by atomic mass is 10.1. The summed E-state index contributed by atoms with van der Waals surface area (Å²) in [5.74, 6) is 0.0815. The van der Waals surface area contributed by atoms with Gasteiger partial charge in [-0.1, -0.05) is 25.5 Å². The van der Waals surface area contributed by atoms with Crippen LogP contribution in [-0.4, -0.2) is 41.9 Å². The SMILES string of the molecule is CCC=CCCC(=O)OC1CCC(=O)C1N1CCCCC1. The number of carbonyl (C=O) groups is 2. The third kappa shape index (κ3) is 4.67. The first-order valence-corrected chi connectivity index (χ1v) is 8.33. The number of hydrogen-bond acceptors (Lipinski definition) is 4. The van der Waals surface area contributed by atoms with Crippen molar-refractivity contribution in [3.8, 4) is 0 Å². The maximum atomic E-state index is 12.1. The first-order valence-electron chi connectivity index (χ1n) is 8.33. The predicted octanol–water partition coefficient (Wildman–Crippen LogP) is 2.86. The van der Waals surface area contributed by atoms with E-state index in [0.29, 0.717) is 19.3 Å². The largest absolute Gasteiger partial charge is 0.460 e. The van der Waals surface area contributed by atoms with E-state index in [4.69, 9.17) is 4.74 Å². The average molecular weight is 293 g/mol. The Balaban J connectivity index is 1.84. The smallest absolute Gasteiger partial charge is 0.306 e. The zero-order valence-corrected chi connectivity index (χ0v) is 13.1. The van der Waals surface area contributed by atoms with Gasteiger partial charge in [0.1, 0.15) is 12.1 Å². The molecule has 1 aliphatic carbocycles. The van der Waals surface area contributed by atoms with Crippen molar-refractivity contribution < 1.29 is 14.3 Å². The van der Waals surface area contributed by atoms with Crippen LogP contribution in [0.5, 0.6) is 0 Å². The van der Waals surface area contributed by atoms with Crippen LogP contribution < -0.4 is 0 Å². The van der Waals surface area contributed by atoms with Crippen LogP contribution >= 0.6 is 0 Å². The second kappa shape index (κ2) is 8.32. The number of ether oxygens (including phenoxy) is 1. The van der Waals surface area contributed by atoms with Gasteiger partial charge in [0.15, 0.2) is 5.78 Å². The highest BCUT2D eigenvalue weighted by Gasteiger charge is 2.41. The van der Waals surface area contributed by atoms with Gasteiger partial charge in [0, 0.05) is 12.8 Å². The third-order valence-electron chi connectivity index (χ3n) is 4.34. The van der Waals surface area contributed by atoms with Crippen molar-refractivity contribution in [3.63, 3.8) is 0 Å². The molecule has 4 nitrogen and oxygen atoms in total. The molecule has 0 aromatic carbocycles. The quantitative estimate of drug-likeness (QED) is 0.558. The van der Waals surface area contributed by atoms with Crippen molar-refractivity contribution in [3.05, 3.63) is 12.2 Å². The zero-order chi connectivity index (χ0) is 15.1. The molecule has 0 radical (unpaired) electrons. The summed E-state index contributed by atoms with van der Waals surface area (Å²) in [5.41, 5.74) is 0. The number of ketones is 1. The fourth-order valence-electron chi connectivity index (χ4n) is 3.27. The van der Waals surface area contributed by atoms with Crippen LogP contribution in [0.2, 0.25) is 0 Å². The van der Waals surface area contributed by atoms with Crippen molar-refractivity contribution in [2.75, 3.05) is 13.1 Å². The molecule has 2 atom stereocenters. The van der Waals surface area contributed by atoms with E-state index in [0.717, 1.165) is 38.8 Å². The van der Waals surface area contributed by atoms with Crippen molar-refractivity contribution >= 4 is 11.8 Å². The Morgan fingerprint density at radius 1 is 1.29 bits per heavy atom. The molecule has 2 unspecified atom stereocenters. The minimum absolute atomic E-state index is 0.169. The normalized spacial score (nSPS) is 27.4. The Morgan fingerprint density at radius 2 is 2.05 bits per heavy atom. The molecular formula is C17H27NO3. The van der Waals surface area contributed by atoms with Crippen molar-refractivity contribution in [1.29, 1.82) is 0 Å². The number of nitrogens with zero attached hydrogens (tertiary/aromatic N) is 1. The first-order chi connectivity index (χ1) is 10.2. The number of esters is 1. The molecule has 2 aliphatic rings. The van der Waals surface area contributed by atoms with Gasteiger partial charge in [-0.2, -0.15) is 0 Å².